The monoisotopic (exact) mass is 523 g/mol. The summed E-state index contributed by atoms with van der Waals surface area (Å²) in [6.07, 6.45) is 3.01. The SMILES string of the molecule is CCN(CC)c1ccc(-n2nc3cc(C)c(NC(=O)C=Cc4cc(Cl)cc(Cl)c4OC)cc3n2)cc1. The lowest BCUT2D eigenvalue weighted by atomic mass is 10.1. The highest BCUT2D eigenvalue weighted by atomic mass is 35.5. The van der Waals surface area contributed by atoms with Crippen molar-refractivity contribution in [3.05, 3.63) is 75.8 Å². The number of hydrogen-bond acceptors (Lipinski definition) is 5. The molecule has 1 amide bonds. The number of amides is 1. The van der Waals surface area contributed by atoms with Gasteiger partial charge in [-0.15, -0.1) is 10.2 Å². The minimum atomic E-state index is -0.310. The molecule has 0 radical (unpaired) electrons. The molecule has 0 saturated carbocycles. The van der Waals surface area contributed by atoms with Gasteiger partial charge in [-0.3, -0.25) is 4.79 Å². The average molecular weight is 524 g/mol. The first-order chi connectivity index (χ1) is 17.3. The van der Waals surface area contributed by atoms with Crippen molar-refractivity contribution in [2.45, 2.75) is 20.8 Å². The molecule has 0 saturated heterocycles. The van der Waals surface area contributed by atoms with Gasteiger partial charge in [-0.25, -0.2) is 0 Å². The minimum absolute atomic E-state index is 0.310. The predicted octanol–water partition coefficient (Wildman–Crippen LogP) is 6.54. The van der Waals surface area contributed by atoms with Crippen molar-refractivity contribution in [1.82, 2.24) is 15.0 Å². The number of fused-ring (bicyclic) bond motifs is 1. The molecule has 0 atom stereocenters. The van der Waals surface area contributed by atoms with Crippen LogP contribution in [-0.4, -0.2) is 41.1 Å². The fourth-order valence-corrected chi connectivity index (χ4v) is 4.55. The fraction of sp³-hybridized carbons (Fsp3) is 0.222. The smallest absolute Gasteiger partial charge is 0.248 e. The number of hydrogen-bond donors (Lipinski definition) is 1. The molecule has 0 aliphatic heterocycles. The van der Waals surface area contributed by atoms with Crippen molar-refractivity contribution in [3.63, 3.8) is 0 Å². The standard InChI is InChI=1S/C27H27Cl2N5O2/c1-5-33(6-2)20-8-10-21(11-9-20)34-31-24-13-17(3)23(16-25(24)32-34)30-26(35)12-7-18-14-19(28)15-22(29)27(18)36-4/h7-16H,5-6H2,1-4H3,(H,30,35). The molecule has 4 rings (SSSR count). The van der Waals surface area contributed by atoms with Gasteiger partial charge in [0.1, 0.15) is 16.8 Å². The zero-order valence-electron chi connectivity index (χ0n) is 20.5. The molecule has 0 bridgehead atoms. The molecule has 1 aromatic heterocycles. The van der Waals surface area contributed by atoms with E-state index in [4.69, 9.17) is 27.9 Å². The third-order valence-electron chi connectivity index (χ3n) is 5.85. The van der Waals surface area contributed by atoms with E-state index in [-0.39, 0.29) is 5.91 Å². The highest BCUT2D eigenvalue weighted by Gasteiger charge is 2.12. The lowest BCUT2D eigenvalue weighted by Crippen LogP contribution is -2.21. The summed E-state index contributed by atoms with van der Waals surface area (Å²) >= 11 is 12.3. The van der Waals surface area contributed by atoms with Gasteiger partial charge in [0.15, 0.2) is 0 Å². The van der Waals surface area contributed by atoms with Gasteiger partial charge in [-0.1, -0.05) is 23.2 Å². The number of methoxy groups -OCH3 is 1. The zero-order chi connectivity index (χ0) is 25.8. The molecule has 7 nitrogen and oxygen atoms in total. The number of nitrogens with zero attached hydrogens (tertiary/aromatic N) is 4. The zero-order valence-corrected chi connectivity index (χ0v) is 22.1. The summed E-state index contributed by atoms with van der Waals surface area (Å²) in [6.45, 7) is 8.08. The maximum Gasteiger partial charge on any atom is 0.248 e. The van der Waals surface area contributed by atoms with Crippen LogP contribution >= 0.6 is 23.2 Å². The molecule has 4 aromatic rings. The van der Waals surface area contributed by atoms with E-state index >= 15 is 0 Å². The number of ether oxygens (including phenoxy) is 1. The third kappa shape index (κ3) is 5.48. The Morgan fingerprint density at radius 1 is 1.06 bits per heavy atom. The number of carbonyl (C=O) groups excluding carboxylic acids is 1. The van der Waals surface area contributed by atoms with E-state index in [2.05, 4.69) is 46.4 Å². The van der Waals surface area contributed by atoms with Crippen LogP contribution in [-0.2, 0) is 4.79 Å². The van der Waals surface area contributed by atoms with E-state index in [1.807, 2.05) is 31.2 Å². The Morgan fingerprint density at radius 2 is 1.72 bits per heavy atom. The number of halogens is 2. The third-order valence-corrected chi connectivity index (χ3v) is 6.35. The molecule has 36 heavy (non-hydrogen) atoms. The summed E-state index contributed by atoms with van der Waals surface area (Å²) in [4.78, 5) is 16.5. The Balaban J connectivity index is 1.54. The second-order valence-electron chi connectivity index (χ2n) is 8.17. The highest BCUT2D eigenvalue weighted by Crippen LogP contribution is 2.33. The van der Waals surface area contributed by atoms with Gasteiger partial charge >= 0.3 is 0 Å². The minimum Gasteiger partial charge on any atom is -0.495 e. The van der Waals surface area contributed by atoms with Crippen LogP contribution < -0.4 is 15.0 Å². The van der Waals surface area contributed by atoms with Crippen molar-refractivity contribution in [2.75, 3.05) is 30.4 Å². The quantitative estimate of drug-likeness (QED) is 0.265. The Hall–Kier alpha value is -3.55. The molecule has 1 heterocycles. The second kappa shape index (κ2) is 11.0. The van der Waals surface area contributed by atoms with E-state index in [1.54, 1.807) is 23.0 Å². The first-order valence-corrected chi connectivity index (χ1v) is 12.3. The van der Waals surface area contributed by atoms with E-state index in [0.717, 1.165) is 35.5 Å². The Kier molecular flexibility index (Phi) is 7.82. The molecule has 0 fully saturated rings. The highest BCUT2D eigenvalue weighted by molar-refractivity contribution is 6.36. The normalized spacial score (nSPS) is 11.3. The lowest BCUT2D eigenvalue weighted by Gasteiger charge is -2.20. The summed E-state index contributed by atoms with van der Waals surface area (Å²) in [7, 11) is 1.51. The molecule has 1 N–H and O–H groups in total. The van der Waals surface area contributed by atoms with Crippen LogP contribution in [0.2, 0.25) is 10.0 Å². The Morgan fingerprint density at radius 3 is 2.36 bits per heavy atom. The van der Waals surface area contributed by atoms with E-state index in [0.29, 0.717) is 32.6 Å². The summed E-state index contributed by atoms with van der Waals surface area (Å²) < 4.78 is 5.32. The van der Waals surface area contributed by atoms with Gasteiger partial charge in [0.2, 0.25) is 5.91 Å². The molecular formula is C27H27Cl2N5O2. The van der Waals surface area contributed by atoms with Crippen molar-refractivity contribution in [2.24, 2.45) is 0 Å². The summed E-state index contributed by atoms with van der Waals surface area (Å²) in [5.41, 5.74) is 5.57. The number of benzene rings is 3. The van der Waals surface area contributed by atoms with Crippen LogP contribution in [0.4, 0.5) is 11.4 Å². The second-order valence-corrected chi connectivity index (χ2v) is 9.01. The number of carbonyl (C=O) groups is 1. The van der Waals surface area contributed by atoms with Gasteiger partial charge < -0.3 is 15.0 Å². The molecule has 0 aliphatic carbocycles. The van der Waals surface area contributed by atoms with Crippen molar-refractivity contribution >= 4 is 57.6 Å². The van der Waals surface area contributed by atoms with Crippen LogP contribution in [0.25, 0.3) is 22.8 Å². The van der Waals surface area contributed by atoms with E-state index in [9.17, 15) is 4.79 Å². The first kappa shape index (κ1) is 25.5. The molecule has 9 heteroatoms. The number of aromatic nitrogens is 3. The molecule has 0 unspecified atom stereocenters. The molecular weight excluding hydrogens is 497 g/mol. The molecule has 0 aliphatic rings. The number of rotatable bonds is 8. The average Bonchev–Trinajstić information content (AvgIpc) is 3.26. The number of anilines is 2. The molecule has 0 spiro atoms. The largest absolute Gasteiger partial charge is 0.495 e. The molecule has 3 aromatic carbocycles. The summed E-state index contributed by atoms with van der Waals surface area (Å²) in [5, 5.41) is 13.0. The first-order valence-electron chi connectivity index (χ1n) is 11.6. The molecule has 186 valence electrons. The van der Waals surface area contributed by atoms with Gasteiger partial charge in [0.25, 0.3) is 0 Å². The van der Waals surface area contributed by atoms with Crippen LogP contribution in [0.1, 0.15) is 25.0 Å². The van der Waals surface area contributed by atoms with Crippen molar-refractivity contribution in [1.29, 1.82) is 0 Å². The fourth-order valence-electron chi connectivity index (χ4n) is 3.96. The van der Waals surface area contributed by atoms with E-state index < -0.39 is 0 Å². The Bertz CT molecular complexity index is 1430. The van der Waals surface area contributed by atoms with Gasteiger partial charge in [0, 0.05) is 41.1 Å². The number of aryl methyl sites for hydroxylation is 1. The summed E-state index contributed by atoms with van der Waals surface area (Å²) in [6, 6.07) is 15.1. The maximum atomic E-state index is 12.7. The predicted molar refractivity (Wildman–Crippen MR) is 148 cm³/mol. The van der Waals surface area contributed by atoms with Crippen LogP contribution in [0.5, 0.6) is 5.75 Å². The van der Waals surface area contributed by atoms with Crippen LogP contribution in [0.15, 0.2) is 54.6 Å². The van der Waals surface area contributed by atoms with Crippen molar-refractivity contribution < 1.29 is 9.53 Å². The number of nitrogens with one attached hydrogen (secondary N) is 1. The van der Waals surface area contributed by atoms with Crippen LogP contribution in [0, 0.1) is 6.92 Å². The summed E-state index contributed by atoms with van der Waals surface area (Å²) in [5.74, 6) is 0.138. The van der Waals surface area contributed by atoms with Gasteiger partial charge in [-0.05, 0) is 80.9 Å². The van der Waals surface area contributed by atoms with Crippen molar-refractivity contribution in [3.8, 4) is 11.4 Å². The van der Waals surface area contributed by atoms with Gasteiger partial charge in [-0.2, -0.15) is 4.80 Å². The lowest BCUT2D eigenvalue weighted by molar-refractivity contribution is -0.111. The van der Waals surface area contributed by atoms with Crippen LogP contribution in [0.3, 0.4) is 0 Å². The maximum absolute atomic E-state index is 12.7. The van der Waals surface area contributed by atoms with Gasteiger partial charge in [0.05, 0.1) is 17.8 Å². The van der Waals surface area contributed by atoms with E-state index in [1.165, 1.54) is 13.2 Å². The Labute approximate surface area is 220 Å². The topological polar surface area (TPSA) is 72.3 Å².